The van der Waals surface area contributed by atoms with E-state index in [0.29, 0.717) is 5.41 Å². The number of aromatic nitrogens is 1. The highest BCUT2D eigenvalue weighted by atomic mass is 32.1. The number of methoxy groups -OCH3 is 1. The van der Waals surface area contributed by atoms with Gasteiger partial charge in [0, 0.05) is 6.42 Å². The van der Waals surface area contributed by atoms with Crippen LogP contribution in [0.4, 0.5) is 0 Å². The summed E-state index contributed by atoms with van der Waals surface area (Å²) in [7, 11) is 1.70. The van der Waals surface area contributed by atoms with Crippen LogP contribution in [0.15, 0.2) is 18.2 Å². The van der Waals surface area contributed by atoms with Gasteiger partial charge in [-0.15, -0.1) is 11.3 Å². The van der Waals surface area contributed by atoms with Crippen LogP contribution in [0.5, 0.6) is 5.75 Å². The van der Waals surface area contributed by atoms with Crippen molar-refractivity contribution in [2.45, 2.75) is 25.7 Å². The molecule has 3 nitrogen and oxygen atoms in total. The molecule has 1 aromatic carbocycles. The Labute approximate surface area is 111 Å². The van der Waals surface area contributed by atoms with Crippen molar-refractivity contribution in [1.29, 1.82) is 0 Å². The highest BCUT2D eigenvalue weighted by Crippen LogP contribution is 2.43. The van der Waals surface area contributed by atoms with E-state index < -0.39 is 0 Å². The van der Waals surface area contributed by atoms with E-state index in [4.69, 9.17) is 15.5 Å². The number of rotatable bonds is 4. The second-order valence-corrected chi connectivity index (χ2v) is 6.29. The summed E-state index contributed by atoms with van der Waals surface area (Å²) in [5.41, 5.74) is 7.32. The maximum absolute atomic E-state index is 5.91. The lowest BCUT2D eigenvalue weighted by Gasteiger charge is -2.40. The number of fused-ring (bicyclic) bond motifs is 1. The minimum absolute atomic E-state index is 0.331. The van der Waals surface area contributed by atoms with Crippen molar-refractivity contribution >= 4 is 21.6 Å². The molecule has 2 N–H and O–H groups in total. The molecule has 0 saturated heterocycles. The van der Waals surface area contributed by atoms with Gasteiger partial charge in [0.2, 0.25) is 0 Å². The molecule has 4 heteroatoms. The van der Waals surface area contributed by atoms with Crippen LogP contribution in [-0.4, -0.2) is 18.6 Å². The fraction of sp³-hybridized carbons (Fsp3) is 0.500. The lowest BCUT2D eigenvalue weighted by molar-refractivity contribution is 0.145. The fourth-order valence-corrected chi connectivity index (χ4v) is 3.78. The van der Waals surface area contributed by atoms with Gasteiger partial charge < -0.3 is 10.5 Å². The van der Waals surface area contributed by atoms with Crippen molar-refractivity contribution in [2.24, 2.45) is 11.1 Å². The second-order valence-electron chi connectivity index (χ2n) is 5.18. The third-order valence-electron chi connectivity index (χ3n) is 4.01. The molecule has 18 heavy (non-hydrogen) atoms. The summed E-state index contributed by atoms with van der Waals surface area (Å²) in [5.74, 6) is 0.898. The lowest BCUT2D eigenvalue weighted by Crippen LogP contribution is -2.39. The smallest absolute Gasteiger partial charge is 0.120 e. The van der Waals surface area contributed by atoms with Crippen LogP contribution in [0.1, 0.15) is 24.3 Å². The van der Waals surface area contributed by atoms with Gasteiger partial charge in [0.1, 0.15) is 5.75 Å². The molecule has 1 aliphatic carbocycles. The molecule has 1 saturated carbocycles. The minimum Gasteiger partial charge on any atom is -0.497 e. The lowest BCUT2D eigenvalue weighted by atomic mass is 9.67. The maximum atomic E-state index is 5.91. The van der Waals surface area contributed by atoms with Crippen LogP contribution in [0.25, 0.3) is 10.2 Å². The summed E-state index contributed by atoms with van der Waals surface area (Å²) in [5, 5.41) is 1.21. The Morgan fingerprint density at radius 2 is 2.28 bits per heavy atom. The zero-order chi connectivity index (χ0) is 12.6. The van der Waals surface area contributed by atoms with Crippen LogP contribution in [0.3, 0.4) is 0 Å². The van der Waals surface area contributed by atoms with Crippen LogP contribution in [0.2, 0.25) is 0 Å². The number of benzene rings is 1. The van der Waals surface area contributed by atoms with Gasteiger partial charge in [-0.2, -0.15) is 0 Å². The first-order chi connectivity index (χ1) is 8.74. The van der Waals surface area contributed by atoms with Gasteiger partial charge in [0.05, 0.1) is 22.3 Å². The maximum Gasteiger partial charge on any atom is 0.120 e. The zero-order valence-corrected chi connectivity index (χ0v) is 11.4. The predicted molar refractivity (Wildman–Crippen MR) is 75.2 cm³/mol. The van der Waals surface area contributed by atoms with Gasteiger partial charge in [-0.1, -0.05) is 6.42 Å². The molecule has 0 bridgehead atoms. The molecule has 0 radical (unpaired) electrons. The largest absolute Gasteiger partial charge is 0.497 e. The molecule has 1 heterocycles. The Balaban J connectivity index is 1.88. The normalized spacial score (nSPS) is 17.7. The first-order valence-corrected chi connectivity index (χ1v) is 7.20. The first-order valence-electron chi connectivity index (χ1n) is 6.38. The number of hydrogen-bond donors (Lipinski definition) is 1. The van der Waals surface area contributed by atoms with E-state index in [1.807, 2.05) is 12.1 Å². The molecule has 3 rings (SSSR count). The van der Waals surface area contributed by atoms with Gasteiger partial charge in [-0.25, -0.2) is 4.98 Å². The van der Waals surface area contributed by atoms with Gasteiger partial charge in [-0.05, 0) is 43.0 Å². The molecule has 0 unspecified atom stereocenters. The molecular formula is C14H18N2OS. The molecule has 96 valence electrons. The molecular weight excluding hydrogens is 244 g/mol. The van der Waals surface area contributed by atoms with E-state index in [1.54, 1.807) is 18.4 Å². The zero-order valence-electron chi connectivity index (χ0n) is 10.6. The van der Waals surface area contributed by atoms with Crippen LogP contribution < -0.4 is 10.5 Å². The van der Waals surface area contributed by atoms with Crippen molar-refractivity contribution in [1.82, 2.24) is 4.98 Å². The van der Waals surface area contributed by atoms with E-state index in [-0.39, 0.29) is 0 Å². The van der Waals surface area contributed by atoms with Crippen molar-refractivity contribution in [3.8, 4) is 5.75 Å². The molecule has 1 aliphatic rings. The third-order valence-corrected chi connectivity index (χ3v) is 5.03. The molecule has 0 spiro atoms. The van der Waals surface area contributed by atoms with Crippen LogP contribution in [-0.2, 0) is 6.42 Å². The Hall–Kier alpha value is -1.13. The van der Waals surface area contributed by atoms with Gasteiger partial charge in [0.15, 0.2) is 0 Å². The van der Waals surface area contributed by atoms with E-state index in [0.717, 1.165) is 24.2 Å². The third kappa shape index (κ3) is 1.99. The van der Waals surface area contributed by atoms with Crippen molar-refractivity contribution in [3.05, 3.63) is 23.2 Å². The Bertz CT molecular complexity index is 554. The van der Waals surface area contributed by atoms with Gasteiger partial charge in [0.25, 0.3) is 0 Å². The number of nitrogens with two attached hydrogens (primary N) is 1. The molecule has 1 aromatic heterocycles. The predicted octanol–water partition coefficient (Wildman–Crippen LogP) is 2.98. The summed E-state index contributed by atoms with van der Waals surface area (Å²) in [6.07, 6.45) is 4.85. The summed E-state index contributed by atoms with van der Waals surface area (Å²) >= 11 is 1.77. The number of ether oxygens (including phenoxy) is 1. The Morgan fingerprint density at radius 1 is 1.44 bits per heavy atom. The average Bonchev–Trinajstić information content (AvgIpc) is 2.74. The Kier molecular flexibility index (Phi) is 2.99. The van der Waals surface area contributed by atoms with Crippen molar-refractivity contribution in [2.75, 3.05) is 13.7 Å². The SMILES string of the molecule is COc1ccc2nc(CC3(CN)CCC3)sc2c1. The summed E-state index contributed by atoms with van der Waals surface area (Å²) < 4.78 is 6.45. The Morgan fingerprint density at radius 3 is 2.89 bits per heavy atom. The summed E-state index contributed by atoms with van der Waals surface area (Å²) in [6.45, 7) is 0.784. The van der Waals surface area contributed by atoms with Crippen molar-refractivity contribution < 1.29 is 4.74 Å². The molecule has 2 aromatic rings. The quantitative estimate of drug-likeness (QED) is 0.921. The van der Waals surface area contributed by atoms with Crippen LogP contribution in [0, 0.1) is 5.41 Å². The highest BCUT2D eigenvalue weighted by Gasteiger charge is 2.36. The molecule has 0 aliphatic heterocycles. The molecule has 0 atom stereocenters. The van der Waals surface area contributed by atoms with Gasteiger partial charge >= 0.3 is 0 Å². The average molecular weight is 262 g/mol. The van der Waals surface area contributed by atoms with Gasteiger partial charge in [-0.3, -0.25) is 0 Å². The first kappa shape index (κ1) is 11.9. The summed E-state index contributed by atoms with van der Waals surface area (Å²) in [6, 6.07) is 6.06. The standard InChI is InChI=1S/C14H18N2OS/c1-17-10-3-4-11-12(7-10)18-13(16-11)8-14(9-15)5-2-6-14/h3-4,7H,2,5-6,8-9,15H2,1H3. The minimum atomic E-state index is 0.331. The van der Waals surface area contributed by atoms with Crippen LogP contribution >= 0.6 is 11.3 Å². The topological polar surface area (TPSA) is 48.1 Å². The van der Waals surface area contributed by atoms with E-state index in [9.17, 15) is 0 Å². The molecule has 0 amide bonds. The second kappa shape index (κ2) is 4.52. The molecule has 1 fully saturated rings. The number of thiazole rings is 1. The van der Waals surface area contributed by atoms with E-state index >= 15 is 0 Å². The van der Waals surface area contributed by atoms with E-state index in [1.165, 1.54) is 29.0 Å². The van der Waals surface area contributed by atoms with E-state index in [2.05, 4.69) is 6.07 Å². The van der Waals surface area contributed by atoms with Crippen molar-refractivity contribution in [3.63, 3.8) is 0 Å². The monoisotopic (exact) mass is 262 g/mol. The summed E-state index contributed by atoms with van der Waals surface area (Å²) in [4.78, 5) is 4.71. The number of hydrogen-bond acceptors (Lipinski definition) is 4. The number of nitrogens with zero attached hydrogens (tertiary/aromatic N) is 1. The highest BCUT2D eigenvalue weighted by molar-refractivity contribution is 7.18. The fourth-order valence-electron chi connectivity index (χ4n) is 2.61.